The lowest BCUT2D eigenvalue weighted by Crippen LogP contribution is -2.31. The molecule has 0 saturated heterocycles. The van der Waals surface area contributed by atoms with Gasteiger partial charge in [-0.25, -0.2) is 0 Å². The quantitative estimate of drug-likeness (QED) is 0.140. The summed E-state index contributed by atoms with van der Waals surface area (Å²) < 4.78 is 7.43. The minimum Gasteiger partial charge on any atom is -0.309 e. The Balaban J connectivity index is 1.03. The number of nitriles is 1. The van der Waals surface area contributed by atoms with Crippen LogP contribution in [0.2, 0.25) is 0 Å². The number of hydrogen-bond acceptors (Lipinski definition) is 1. The van der Waals surface area contributed by atoms with Crippen LogP contribution in [0.3, 0.4) is 0 Å². The molecule has 480 valence electrons. The van der Waals surface area contributed by atoms with Gasteiger partial charge in [0.1, 0.15) is 0 Å². The van der Waals surface area contributed by atoms with Crippen molar-refractivity contribution in [2.75, 3.05) is 0 Å². The van der Waals surface area contributed by atoms with Gasteiger partial charge < -0.3 is 13.7 Å². The van der Waals surface area contributed by atoms with Gasteiger partial charge in [0, 0.05) is 49.4 Å². The van der Waals surface area contributed by atoms with E-state index >= 15 is 0 Å². The van der Waals surface area contributed by atoms with Crippen molar-refractivity contribution in [1.29, 1.82) is 5.26 Å². The summed E-state index contributed by atoms with van der Waals surface area (Å²) in [5.41, 5.74) is 24.6. The van der Waals surface area contributed by atoms with Crippen molar-refractivity contribution < 1.29 is 0 Å². The van der Waals surface area contributed by atoms with E-state index in [1.165, 1.54) is 98.8 Å². The molecule has 3 heterocycles. The van der Waals surface area contributed by atoms with E-state index in [0.29, 0.717) is 5.56 Å². The molecule has 0 bridgehead atoms. The fraction of sp³-hybridized carbons (Fsp3) is 0.272. The van der Waals surface area contributed by atoms with Gasteiger partial charge in [0.05, 0.1) is 50.1 Å². The van der Waals surface area contributed by atoms with Crippen LogP contribution in [-0.4, -0.2) is 13.7 Å². The summed E-state index contributed by atoms with van der Waals surface area (Å²) >= 11 is 0. The third-order valence-corrected chi connectivity index (χ3v) is 20.8. The van der Waals surface area contributed by atoms with Crippen molar-refractivity contribution >= 4 is 65.4 Å². The molecular formula is C92H92N4. The molecule has 11 aromatic carbocycles. The van der Waals surface area contributed by atoms with Crippen molar-refractivity contribution in [1.82, 2.24) is 13.7 Å². The molecule has 3 aromatic heterocycles. The summed E-state index contributed by atoms with van der Waals surface area (Å²) in [4.78, 5) is 0. The Kier molecular flexibility index (Phi) is 14.9. The van der Waals surface area contributed by atoms with E-state index < -0.39 is 5.41 Å². The second-order valence-electron chi connectivity index (χ2n) is 33.6. The third kappa shape index (κ3) is 10.8. The Morgan fingerprint density at radius 1 is 0.229 bits per heavy atom. The number of fused-ring (bicyclic) bond motifs is 9. The number of nitrogens with zero attached hydrogens (tertiary/aromatic N) is 4. The van der Waals surface area contributed by atoms with Gasteiger partial charge in [-0.2, -0.15) is 5.26 Å². The molecule has 0 spiro atoms. The van der Waals surface area contributed by atoms with E-state index in [9.17, 15) is 5.26 Å². The average Bonchev–Trinajstić information content (AvgIpc) is 0.764. The predicted octanol–water partition coefficient (Wildman–Crippen LogP) is 24.7. The van der Waals surface area contributed by atoms with Crippen LogP contribution in [-0.2, 0) is 37.9 Å². The smallest absolute Gasteiger partial charge is 0.0991 e. The van der Waals surface area contributed by atoms with E-state index in [0.717, 1.165) is 50.4 Å². The van der Waals surface area contributed by atoms with Gasteiger partial charge in [-0.1, -0.05) is 234 Å². The highest BCUT2D eigenvalue weighted by Crippen LogP contribution is 2.49. The van der Waals surface area contributed by atoms with Crippen LogP contribution in [0, 0.1) is 11.3 Å². The highest BCUT2D eigenvalue weighted by atomic mass is 15.0. The van der Waals surface area contributed by atoms with Gasteiger partial charge >= 0.3 is 0 Å². The zero-order chi connectivity index (χ0) is 68.0. The van der Waals surface area contributed by atoms with E-state index in [4.69, 9.17) is 0 Å². The highest BCUT2D eigenvalue weighted by Gasteiger charge is 2.39. The Labute approximate surface area is 569 Å². The fourth-order valence-corrected chi connectivity index (χ4v) is 15.0. The molecule has 0 fully saturated rings. The topological polar surface area (TPSA) is 38.6 Å². The van der Waals surface area contributed by atoms with Crippen LogP contribution in [0.1, 0.15) is 186 Å². The zero-order valence-corrected chi connectivity index (χ0v) is 59.7. The van der Waals surface area contributed by atoms with Crippen molar-refractivity contribution in [3.05, 3.63) is 292 Å². The molecule has 0 radical (unpaired) electrons. The number of rotatable bonds is 8. The van der Waals surface area contributed by atoms with Crippen molar-refractivity contribution in [2.24, 2.45) is 0 Å². The Hall–Kier alpha value is -9.69. The van der Waals surface area contributed by atoms with Crippen molar-refractivity contribution in [3.8, 4) is 34.3 Å². The number of hydrogen-bond donors (Lipinski definition) is 0. The highest BCUT2D eigenvalue weighted by molar-refractivity contribution is 6.12. The lowest BCUT2D eigenvalue weighted by atomic mass is 9.65. The van der Waals surface area contributed by atoms with Gasteiger partial charge in [0.2, 0.25) is 0 Å². The molecule has 0 aliphatic carbocycles. The second-order valence-corrected chi connectivity index (χ2v) is 33.6. The van der Waals surface area contributed by atoms with Crippen LogP contribution in [0.5, 0.6) is 0 Å². The Morgan fingerprint density at radius 3 is 0.667 bits per heavy atom. The predicted molar refractivity (Wildman–Crippen MR) is 410 cm³/mol. The summed E-state index contributed by atoms with van der Waals surface area (Å²) in [6, 6.07) is 90.6. The molecule has 0 aliphatic rings. The third-order valence-electron chi connectivity index (χ3n) is 20.8. The zero-order valence-electron chi connectivity index (χ0n) is 59.7. The monoisotopic (exact) mass is 1250 g/mol. The van der Waals surface area contributed by atoms with E-state index in [1.54, 1.807) is 0 Å². The summed E-state index contributed by atoms with van der Waals surface area (Å²) in [5.74, 6) is 0. The maximum absolute atomic E-state index is 10.1. The van der Waals surface area contributed by atoms with Crippen molar-refractivity contribution in [2.45, 2.75) is 163 Å². The minimum absolute atomic E-state index is 0.0178. The van der Waals surface area contributed by atoms with Gasteiger partial charge in [0.15, 0.2) is 0 Å². The molecule has 0 N–H and O–H groups in total. The Bertz CT molecular complexity index is 4740. The van der Waals surface area contributed by atoms with Crippen LogP contribution in [0.15, 0.2) is 231 Å². The lowest BCUT2D eigenvalue weighted by Gasteiger charge is -2.37. The molecule has 0 atom stereocenters. The molecule has 96 heavy (non-hydrogen) atoms. The molecular weight excluding hydrogens is 1160 g/mol. The van der Waals surface area contributed by atoms with Crippen LogP contribution in [0.25, 0.3) is 93.6 Å². The van der Waals surface area contributed by atoms with Crippen LogP contribution in [0.4, 0.5) is 0 Å². The largest absolute Gasteiger partial charge is 0.309 e. The SMILES string of the molecule is CC(C)(C)c1ccc2c(c1)c1cc(C(C)(C)C)ccc1n2-c1ccc(C(c2ccc(-c3cccc(C#N)c3)cc2)(c2ccc(-n3c4ccc(C(C)(C)C)cc4c4cc(C(C)(C)C)ccc43)cc2)c2ccc(-n3c4ccc(C(C)(C)C)cc4c4cc(C(C)(C)C)ccc43)cc2)cc1. The van der Waals surface area contributed by atoms with E-state index in [2.05, 4.69) is 357 Å². The van der Waals surface area contributed by atoms with E-state index in [-0.39, 0.29) is 32.5 Å². The standard InChI is InChI=1S/C92H92N4/c1-86(2,3)65-32-44-80-74(51-65)75-52-66(87(4,5)6)33-45-81(75)94(80)71-38-26-62(27-39-71)92(61-24-22-59(23-25-61)60-21-19-20-58(50-60)57-93,63-28-40-72(41-29-63)95-82-46-34-67(88(7,8)9)53-76(82)77-54-68(89(10,11)12)35-47-83(77)95)64-30-42-73(43-31-64)96-84-48-36-69(90(13,14)15)55-78(84)79-56-70(91(16,17)18)37-49-85(79)96/h19-56H,1-18H3. The summed E-state index contributed by atoms with van der Waals surface area (Å²) in [5, 5.41) is 17.7. The first-order chi connectivity index (χ1) is 45.3. The number of benzene rings is 11. The normalized spacial score (nSPS) is 13.1. The Morgan fingerprint density at radius 2 is 0.448 bits per heavy atom. The van der Waals surface area contributed by atoms with E-state index in [1.807, 2.05) is 18.2 Å². The summed E-state index contributed by atoms with van der Waals surface area (Å²) in [7, 11) is 0. The number of aromatic nitrogens is 3. The maximum Gasteiger partial charge on any atom is 0.0991 e. The van der Waals surface area contributed by atoms with Gasteiger partial charge in [-0.05, 0) is 221 Å². The fourth-order valence-electron chi connectivity index (χ4n) is 15.0. The van der Waals surface area contributed by atoms with Gasteiger partial charge in [-0.15, -0.1) is 0 Å². The molecule has 0 unspecified atom stereocenters. The molecule has 0 amide bonds. The second kappa shape index (κ2) is 22.5. The summed E-state index contributed by atoms with van der Waals surface area (Å²) in [6.07, 6.45) is 0. The first-order valence-electron chi connectivity index (χ1n) is 34.5. The van der Waals surface area contributed by atoms with Crippen molar-refractivity contribution in [3.63, 3.8) is 0 Å². The van der Waals surface area contributed by atoms with Gasteiger partial charge in [-0.3, -0.25) is 0 Å². The first-order valence-corrected chi connectivity index (χ1v) is 34.5. The molecule has 0 aliphatic heterocycles. The molecule has 4 nitrogen and oxygen atoms in total. The molecule has 14 rings (SSSR count). The lowest BCUT2D eigenvalue weighted by molar-refractivity contribution is 0.590. The molecule has 4 heteroatoms. The summed E-state index contributed by atoms with van der Waals surface area (Å²) in [6.45, 7) is 41.6. The van der Waals surface area contributed by atoms with Crippen LogP contribution < -0.4 is 0 Å². The van der Waals surface area contributed by atoms with Crippen LogP contribution >= 0.6 is 0 Å². The maximum atomic E-state index is 10.1. The minimum atomic E-state index is -0.860. The average molecular weight is 1250 g/mol. The first kappa shape index (κ1) is 63.7. The molecule has 14 aromatic rings. The van der Waals surface area contributed by atoms with Gasteiger partial charge in [0.25, 0.3) is 0 Å². The molecule has 0 saturated carbocycles.